The minimum absolute atomic E-state index is 0.0749. The molecule has 3 N–H and O–H groups in total. The summed E-state index contributed by atoms with van der Waals surface area (Å²) in [6.45, 7) is 0. The fourth-order valence-corrected chi connectivity index (χ4v) is 1.18. The maximum absolute atomic E-state index is 10.8. The highest BCUT2D eigenvalue weighted by Crippen LogP contribution is 2.24. The van der Waals surface area contributed by atoms with Crippen molar-refractivity contribution < 1.29 is 14.6 Å². The largest absolute Gasteiger partial charge is 0.496 e. The van der Waals surface area contributed by atoms with Crippen molar-refractivity contribution in [1.29, 1.82) is 0 Å². The van der Waals surface area contributed by atoms with Gasteiger partial charge in [0.05, 0.1) is 18.7 Å². The maximum Gasteiger partial charge on any atom is 0.339 e. The van der Waals surface area contributed by atoms with Crippen molar-refractivity contribution in [2.75, 3.05) is 13.0 Å². The van der Waals surface area contributed by atoms with E-state index in [0.29, 0.717) is 5.69 Å². The van der Waals surface area contributed by atoms with Crippen molar-refractivity contribution in [3.8, 4) is 5.75 Å². The Kier molecular flexibility index (Phi) is 4.13. The normalized spacial score (nSPS) is 11.2. The highest BCUT2D eigenvalue weighted by molar-refractivity contribution is 6.28. The van der Waals surface area contributed by atoms with Gasteiger partial charge in [-0.05, 0) is 12.1 Å². The number of hydrogen-bond acceptors (Lipinski definition) is 3. The third-order valence-corrected chi connectivity index (χ3v) is 2.10. The van der Waals surface area contributed by atoms with E-state index in [1.807, 2.05) is 0 Å². The van der Waals surface area contributed by atoms with Gasteiger partial charge in [-0.3, -0.25) is 0 Å². The van der Waals surface area contributed by atoms with Crippen LogP contribution < -0.4 is 10.5 Å². The lowest BCUT2D eigenvalue weighted by Gasteiger charge is -2.05. The van der Waals surface area contributed by atoms with Crippen molar-refractivity contribution in [3.05, 3.63) is 23.8 Å². The second-order valence-corrected chi connectivity index (χ2v) is 3.19. The molecule has 0 radical (unpaired) electrons. The smallest absolute Gasteiger partial charge is 0.339 e. The lowest BCUT2D eigenvalue weighted by atomic mass is 10.2. The number of rotatable bonds is 4. The van der Waals surface area contributed by atoms with Crippen LogP contribution in [0.25, 0.3) is 0 Å². The average molecular weight is 243 g/mol. The Morgan fingerprint density at radius 1 is 1.62 bits per heavy atom. The van der Waals surface area contributed by atoms with Gasteiger partial charge in [0.2, 0.25) is 0 Å². The predicted molar refractivity (Wildman–Crippen MR) is 62.0 cm³/mol. The summed E-state index contributed by atoms with van der Waals surface area (Å²) in [5.41, 5.74) is 6.03. The number of carbonyl (C=O) groups is 1. The first-order valence-corrected chi connectivity index (χ1v) is 4.92. The molecule has 1 aromatic carbocycles. The van der Waals surface area contributed by atoms with Crippen LogP contribution in [0.2, 0.25) is 0 Å². The van der Waals surface area contributed by atoms with Gasteiger partial charge >= 0.3 is 5.97 Å². The lowest BCUT2D eigenvalue weighted by Crippen LogP contribution is -2.12. The van der Waals surface area contributed by atoms with Crippen LogP contribution in [0.5, 0.6) is 5.75 Å². The molecule has 0 amide bonds. The van der Waals surface area contributed by atoms with Gasteiger partial charge in [-0.25, -0.2) is 9.79 Å². The molecule has 6 heteroatoms. The number of benzene rings is 1. The summed E-state index contributed by atoms with van der Waals surface area (Å²) < 4.78 is 4.94. The number of halogens is 1. The number of nitrogens with two attached hydrogens (primary N) is 1. The van der Waals surface area contributed by atoms with E-state index in [1.165, 1.54) is 25.3 Å². The number of ether oxygens (including phenoxy) is 1. The van der Waals surface area contributed by atoms with Crippen LogP contribution in [0.15, 0.2) is 23.2 Å². The highest BCUT2D eigenvalue weighted by atomic mass is 35.5. The summed E-state index contributed by atoms with van der Waals surface area (Å²) in [6.07, 6.45) is 0. The Bertz CT molecular complexity index is 432. The summed E-state index contributed by atoms with van der Waals surface area (Å²) >= 11 is 5.48. The molecule has 0 atom stereocenters. The molecule has 0 bridgehead atoms. The van der Waals surface area contributed by atoms with Crippen molar-refractivity contribution in [1.82, 2.24) is 0 Å². The summed E-state index contributed by atoms with van der Waals surface area (Å²) in [4.78, 5) is 14.8. The second-order valence-electron chi connectivity index (χ2n) is 2.93. The topological polar surface area (TPSA) is 84.9 Å². The molecular formula is C10H11ClN2O3. The molecule has 1 aromatic rings. The molecule has 1 rings (SSSR count). The molecule has 16 heavy (non-hydrogen) atoms. The number of carboxylic acids is 1. The standard InChI is InChI=1S/C10H11ClN2O3/c1-16-8-4-6(13-9(12)5-11)2-3-7(8)10(14)15/h2-4H,5H2,1H3,(H2,12,13)(H,14,15). The number of aromatic carboxylic acids is 1. The molecular weight excluding hydrogens is 232 g/mol. The van der Waals surface area contributed by atoms with Gasteiger partial charge in [0.25, 0.3) is 0 Å². The van der Waals surface area contributed by atoms with E-state index in [0.717, 1.165) is 0 Å². The fraction of sp³-hybridized carbons (Fsp3) is 0.200. The zero-order valence-corrected chi connectivity index (χ0v) is 9.36. The third-order valence-electron chi connectivity index (χ3n) is 1.83. The SMILES string of the molecule is COc1cc(N=C(N)CCl)ccc1C(=O)O. The first-order valence-electron chi connectivity index (χ1n) is 4.38. The van der Waals surface area contributed by atoms with Crippen molar-refractivity contribution >= 4 is 29.1 Å². The van der Waals surface area contributed by atoms with Gasteiger partial charge in [-0.15, -0.1) is 11.6 Å². The number of nitrogens with zero attached hydrogens (tertiary/aromatic N) is 1. The Labute approximate surface area is 97.5 Å². The molecule has 0 aliphatic carbocycles. The number of alkyl halides is 1. The van der Waals surface area contributed by atoms with Crippen LogP contribution in [-0.4, -0.2) is 29.9 Å². The van der Waals surface area contributed by atoms with Crippen molar-refractivity contribution in [3.63, 3.8) is 0 Å². The molecule has 0 spiro atoms. The molecule has 0 saturated heterocycles. The van der Waals surface area contributed by atoms with Gasteiger partial charge in [0.15, 0.2) is 0 Å². The van der Waals surface area contributed by atoms with Crippen molar-refractivity contribution in [2.45, 2.75) is 0 Å². The monoisotopic (exact) mass is 242 g/mol. The zero-order valence-electron chi connectivity index (χ0n) is 8.61. The van der Waals surface area contributed by atoms with Crippen LogP contribution in [0.1, 0.15) is 10.4 Å². The number of hydrogen-bond donors (Lipinski definition) is 2. The van der Waals surface area contributed by atoms with Gasteiger partial charge in [0.1, 0.15) is 17.1 Å². The molecule has 0 heterocycles. The van der Waals surface area contributed by atoms with E-state index in [2.05, 4.69) is 4.99 Å². The minimum Gasteiger partial charge on any atom is -0.496 e. The average Bonchev–Trinajstić information content (AvgIpc) is 2.28. The quantitative estimate of drug-likeness (QED) is 0.477. The summed E-state index contributed by atoms with van der Waals surface area (Å²) in [7, 11) is 1.39. The number of amidine groups is 1. The van der Waals surface area contributed by atoms with E-state index < -0.39 is 5.97 Å². The zero-order chi connectivity index (χ0) is 12.1. The molecule has 0 saturated carbocycles. The van der Waals surface area contributed by atoms with Crippen LogP contribution in [0.4, 0.5) is 5.69 Å². The van der Waals surface area contributed by atoms with Crippen LogP contribution in [0.3, 0.4) is 0 Å². The molecule has 0 aliphatic rings. The summed E-state index contributed by atoms with van der Waals surface area (Å²) in [5, 5.41) is 8.85. The molecule has 0 fully saturated rings. The van der Waals surface area contributed by atoms with E-state index >= 15 is 0 Å². The number of methoxy groups -OCH3 is 1. The van der Waals surface area contributed by atoms with Crippen LogP contribution >= 0.6 is 11.6 Å². The minimum atomic E-state index is -1.06. The van der Waals surface area contributed by atoms with Gasteiger partial charge in [0, 0.05) is 6.07 Å². The Balaban J connectivity index is 3.14. The Morgan fingerprint density at radius 3 is 2.81 bits per heavy atom. The predicted octanol–water partition coefficient (Wildman–Crippen LogP) is 1.62. The second kappa shape index (κ2) is 5.37. The van der Waals surface area contributed by atoms with Crippen LogP contribution in [-0.2, 0) is 0 Å². The molecule has 0 aliphatic heterocycles. The maximum atomic E-state index is 10.8. The summed E-state index contributed by atoms with van der Waals surface area (Å²) in [6, 6.07) is 4.43. The van der Waals surface area contributed by atoms with E-state index in [9.17, 15) is 4.79 Å². The van der Waals surface area contributed by atoms with Crippen LogP contribution in [0, 0.1) is 0 Å². The first-order chi connectivity index (χ1) is 7.58. The van der Waals surface area contributed by atoms with Gasteiger partial charge in [-0.1, -0.05) is 0 Å². The first kappa shape index (κ1) is 12.3. The van der Waals surface area contributed by atoms with E-state index in [1.54, 1.807) is 0 Å². The molecule has 5 nitrogen and oxygen atoms in total. The van der Waals surface area contributed by atoms with E-state index in [4.69, 9.17) is 27.2 Å². The lowest BCUT2D eigenvalue weighted by molar-refractivity contribution is 0.0693. The Hall–Kier alpha value is -1.75. The molecule has 0 aromatic heterocycles. The summed E-state index contributed by atoms with van der Waals surface area (Å²) in [5.74, 6) is -0.455. The fourth-order valence-electron chi connectivity index (χ4n) is 1.12. The third kappa shape index (κ3) is 2.87. The number of aliphatic imine (C=N–C) groups is 1. The van der Waals surface area contributed by atoms with Crippen molar-refractivity contribution in [2.24, 2.45) is 10.7 Å². The van der Waals surface area contributed by atoms with E-state index in [-0.39, 0.29) is 23.0 Å². The Morgan fingerprint density at radius 2 is 2.31 bits per heavy atom. The molecule has 86 valence electrons. The highest BCUT2D eigenvalue weighted by Gasteiger charge is 2.10. The number of carboxylic acid groups (broad SMARTS) is 1. The van der Waals surface area contributed by atoms with Gasteiger partial charge in [-0.2, -0.15) is 0 Å². The van der Waals surface area contributed by atoms with Gasteiger partial charge < -0.3 is 15.6 Å². The molecule has 0 unspecified atom stereocenters.